The molecule has 0 bridgehead atoms. The van der Waals surface area contributed by atoms with Crippen LogP contribution in [0.1, 0.15) is 70.6 Å². The predicted molar refractivity (Wildman–Crippen MR) is 109 cm³/mol. The average molecular weight is 398 g/mol. The molecule has 0 atom stereocenters. The lowest BCUT2D eigenvalue weighted by Crippen LogP contribution is -2.47. The van der Waals surface area contributed by atoms with E-state index in [9.17, 15) is 9.59 Å². The van der Waals surface area contributed by atoms with Crippen LogP contribution in [-0.2, 0) is 9.59 Å². The molecular weight excluding hydrogens is 362 g/mol. The minimum absolute atomic E-state index is 0. The molecule has 2 saturated heterocycles. The van der Waals surface area contributed by atoms with Gasteiger partial charge < -0.3 is 15.5 Å². The summed E-state index contributed by atoms with van der Waals surface area (Å²) in [5.74, 6) is 1.08. The van der Waals surface area contributed by atoms with Gasteiger partial charge in [0.2, 0.25) is 11.8 Å². The van der Waals surface area contributed by atoms with E-state index >= 15 is 0 Å². The quantitative estimate of drug-likeness (QED) is 0.769. The molecule has 0 radical (unpaired) electrons. The number of amides is 2. The maximum atomic E-state index is 12.9. The van der Waals surface area contributed by atoms with E-state index in [0.29, 0.717) is 17.4 Å². The first-order chi connectivity index (χ1) is 12.7. The lowest BCUT2D eigenvalue weighted by molar-refractivity contribution is -0.139. The molecule has 4 fully saturated rings. The Bertz CT molecular complexity index is 512. The fourth-order valence-electron chi connectivity index (χ4n) is 5.67. The molecule has 154 valence electrons. The Morgan fingerprint density at radius 2 is 1.56 bits per heavy atom. The van der Waals surface area contributed by atoms with Gasteiger partial charge in [-0.05, 0) is 69.7 Å². The maximum Gasteiger partial charge on any atom is 0.225 e. The molecule has 4 rings (SSSR count). The van der Waals surface area contributed by atoms with Gasteiger partial charge in [-0.3, -0.25) is 9.59 Å². The Balaban J connectivity index is 0.00000210. The second kappa shape index (κ2) is 9.13. The monoisotopic (exact) mass is 397 g/mol. The molecule has 2 aliphatic heterocycles. The van der Waals surface area contributed by atoms with Gasteiger partial charge in [-0.1, -0.05) is 12.8 Å². The average Bonchev–Trinajstić information content (AvgIpc) is 3.35. The molecule has 2 amide bonds. The van der Waals surface area contributed by atoms with Crippen LogP contribution in [0.25, 0.3) is 0 Å². The summed E-state index contributed by atoms with van der Waals surface area (Å²) in [5, 5.41) is 6.75. The minimum Gasteiger partial charge on any atom is -0.353 e. The smallest absolute Gasteiger partial charge is 0.225 e. The molecule has 27 heavy (non-hydrogen) atoms. The number of nitrogens with one attached hydrogen (secondary N) is 2. The zero-order valence-corrected chi connectivity index (χ0v) is 17.3. The van der Waals surface area contributed by atoms with Gasteiger partial charge in [-0.15, -0.1) is 12.4 Å². The number of carbonyl (C=O) groups excluding carboxylic acids is 2. The second-order valence-electron chi connectivity index (χ2n) is 9.29. The van der Waals surface area contributed by atoms with Crippen LogP contribution in [0.2, 0.25) is 0 Å². The van der Waals surface area contributed by atoms with Crippen molar-refractivity contribution >= 4 is 24.2 Å². The number of nitrogens with zero attached hydrogens (tertiary/aromatic N) is 1. The molecular formula is C21H36ClN3O2. The van der Waals surface area contributed by atoms with E-state index in [1.54, 1.807) is 0 Å². The highest BCUT2D eigenvalue weighted by atomic mass is 35.5. The molecule has 0 aromatic rings. The summed E-state index contributed by atoms with van der Waals surface area (Å²) < 4.78 is 0. The first-order valence-electron chi connectivity index (χ1n) is 11.0. The van der Waals surface area contributed by atoms with Gasteiger partial charge in [-0.25, -0.2) is 0 Å². The number of rotatable bonds is 3. The standard InChI is InChI=1S/C21H35N3O2.ClH/c25-19(16-3-1-2-4-16)23-18-7-5-17(6-8-18)20(26)24-13-10-21(11-14-24)9-12-22-15-21;/h16-18,22H,1-15H2,(H,23,25);1H. The van der Waals surface area contributed by atoms with E-state index in [4.69, 9.17) is 0 Å². The summed E-state index contributed by atoms with van der Waals surface area (Å²) in [7, 11) is 0. The molecule has 2 heterocycles. The van der Waals surface area contributed by atoms with Crippen LogP contribution < -0.4 is 10.6 Å². The van der Waals surface area contributed by atoms with Crippen LogP contribution in [0.15, 0.2) is 0 Å². The number of hydrogen-bond donors (Lipinski definition) is 2. The summed E-state index contributed by atoms with van der Waals surface area (Å²) in [6.45, 7) is 4.17. The normalized spacial score (nSPS) is 30.9. The SMILES string of the molecule is Cl.O=C(NC1CCC(C(=O)N2CCC3(CCNC3)CC2)CC1)C1CCCC1. The Morgan fingerprint density at radius 1 is 0.889 bits per heavy atom. The number of likely N-dealkylation sites (tertiary alicyclic amines) is 1. The van der Waals surface area contributed by atoms with Gasteiger partial charge in [0.25, 0.3) is 0 Å². The van der Waals surface area contributed by atoms with Crippen molar-refractivity contribution in [2.75, 3.05) is 26.2 Å². The lowest BCUT2D eigenvalue weighted by atomic mass is 9.77. The minimum atomic E-state index is 0. The Kier molecular flexibility index (Phi) is 7.07. The zero-order valence-electron chi connectivity index (χ0n) is 16.5. The van der Waals surface area contributed by atoms with Crippen molar-refractivity contribution < 1.29 is 9.59 Å². The molecule has 4 aliphatic rings. The van der Waals surface area contributed by atoms with Gasteiger partial charge in [0.05, 0.1) is 0 Å². The second-order valence-corrected chi connectivity index (χ2v) is 9.29. The van der Waals surface area contributed by atoms with E-state index in [1.165, 1.54) is 32.1 Å². The highest BCUT2D eigenvalue weighted by Gasteiger charge is 2.39. The molecule has 1 spiro atoms. The van der Waals surface area contributed by atoms with Crippen molar-refractivity contribution in [1.82, 2.24) is 15.5 Å². The van der Waals surface area contributed by atoms with Gasteiger partial charge in [0, 0.05) is 37.5 Å². The molecule has 2 N–H and O–H groups in total. The van der Waals surface area contributed by atoms with E-state index in [2.05, 4.69) is 15.5 Å². The maximum absolute atomic E-state index is 12.9. The fraction of sp³-hybridized carbons (Fsp3) is 0.905. The summed E-state index contributed by atoms with van der Waals surface area (Å²) in [5.41, 5.74) is 0.471. The largest absolute Gasteiger partial charge is 0.353 e. The summed E-state index contributed by atoms with van der Waals surface area (Å²) in [6, 6.07) is 0.293. The molecule has 2 saturated carbocycles. The predicted octanol–water partition coefficient (Wildman–Crippen LogP) is 2.88. The topological polar surface area (TPSA) is 61.4 Å². The fourth-order valence-corrected chi connectivity index (χ4v) is 5.67. The molecule has 5 nitrogen and oxygen atoms in total. The van der Waals surface area contributed by atoms with Crippen LogP contribution in [0.4, 0.5) is 0 Å². The molecule has 0 unspecified atom stereocenters. The van der Waals surface area contributed by atoms with Gasteiger partial charge >= 0.3 is 0 Å². The third-order valence-electron chi connectivity index (χ3n) is 7.62. The summed E-state index contributed by atoms with van der Waals surface area (Å²) in [4.78, 5) is 27.4. The van der Waals surface area contributed by atoms with Crippen LogP contribution in [0, 0.1) is 17.3 Å². The van der Waals surface area contributed by atoms with Crippen LogP contribution in [0.3, 0.4) is 0 Å². The zero-order chi connectivity index (χ0) is 18.0. The highest BCUT2D eigenvalue weighted by molar-refractivity contribution is 5.85. The molecule has 0 aromatic heterocycles. The molecule has 6 heteroatoms. The Morgan fingerprint density at radius 3 is 2.15 bits per heavy atom. The summed E-state index contributed by atoms with van der Waals surface area (Å²) >= 11 is 0. The number of piperidine rings is 1. The van der Waals surface area contributed by atoms with Crippen molar-refractivity contribution in [3.05, 3.63) is 0 Å². The van der Waals surface area contributed by atoms with E-state index in [0.717, 1.165) is 64.7 Å². The van der Waals surface area contributed by atoms with Crippen LogP contribution >= 0.6 is 12.4 Å². The van der Waals surface area contributed by atoms with Crippen molar-refractivity contribution in [1.29, 1.82) is 0 Å². The first-order valence-corrected chi connectivity index (χ1v) is 11.0. The van der Waals surface area contributed by atoms with Crippen LogP contribution in [-0.4, -0.2) is 48.9 Å². The molecule has 2 aliphatic carbocycles. The third-order valence-corrected chi connectivity index (χ3v) is 7.62. The third kappa shape index (κ3) is 4.79. The van der Waals surface area contributed by atoms with E-state index in [-0.39, 0.29) is 30.2 Å². The van der Waals surface area contributed by atoms with Gasteiger partial charge in [-0.2, -0.15) is 0 Å². The van der Waals surface area contributed by atoms with E-state index in [1.807, 2.05) is 0 Å². The summed E-state index contributed by atoms with van der Waals surface area (Å²) in [6.07, 6.45) is 12.0. The first kappa shape index (κ1) is 20.9. The van der Waals surface area contributed by atoms with Crippen molar-refractivity contribution in [3.63, 3.8) is 0 Å². The van der Waals surface area contributed by atoms with Crippen LogP contribution in [0.5, 0.6) is 0 Å². The van der Waals surface area contributed by atoms with Crippen molar-refractivity contribution in [2.24, 2.45) is 17.3 Å². The van der Waals surface area contributed by atoms with Crippen molar-refractivity contribution in [3.8, 4) is 0 Å². The van der Waals surface area contributed by atoms with Gasteiger partial charge in [0.15, 0.2) is 0 Å². The van der Waals surface area contributed by atoms with E-state index < -0.39 is 0 Å². The lowest BCUT2D eigenvalue weighted by Gasteiger charge is -2.41. The Hall–Kier alpha value is -0.810. The molecule has 0 aromatic carbocycles. The highest BCUT2D eigenvalue weighted by Crippen LogP contribution is 2.38. The number of hydrogen-bond acceptors (Lipinski definition) is 3. The number of carbonyl (C=O) groups is 2. The van der Waals surface area contributed by atoms with Gasteiger partial charge in [0.1, 0.15) is 0 Å². The number of halogens is 1. The van der Waals surface area contributed by atoms with Crippen molar-refractivity contribution in [2.45, 2.75) is 76.7 Å². The Labute approximate surface area is 169 Å².